The molecule has 0 radical (unpaired) electrons. The topological polar surface area (TPSA) is 108 Å². The highest BCUT2D eigenvalue weighted by Gasteiger charge is 2.41. The molecule has 0 aliphatic carbocycles. The van der Waals surface area contributed by atoms with Crippen LogP contribution in [0.2, 0.25) is 0 Å². The largest absolute Gasteiger partial charge is 0.481 e. The average molecular weight is 467 g/mol. The Morgan fingerprint density at radius 2 is 1.80 bits per heavy atom. The highest BCUT2D eigenvalue weighted by atomic mass is 16.5. The summed E-state index contributed by atoms with van der Waals surface area (Å²) in [6.45, 7) is 0.447. The first-order valence-electron chi connectivity index (χ1n) is 11.0. The second-order valence-corrected chi connectivity index (χ2v) is 8.18. The Morgan fingerprint density at radius 1 is 1.06 bits per heavy atom. The Bertz CT molecular complexity index is 1360. The predicted octanol–water partition coefficient (Wildman–Crippen LogP) is 4.27. The van der Waals surface area contributed by atoms with Crippen molar-refractivity contribution in [1.29, 1.82) is 0 Å². The van der Waals surface area contributed by atoms with Crippen LogP contribution in [0.25, 0.3) is 0 Å². The fourth-order valence-electron chi connectivity index (χ4n) is 4.50. The molecule has 1 atom stereocenters. The molecule has 1 amide bonds. The summed E-state index contributed by atoms with van der Waals surface area (Å²) >= 11 is 0. The summed E-state index contributed by atoms with van der Waals surface area (Å²) in [7, 11) is 0. The molecule has 2 aliphatic rings. The van der Waals surface area contributed by atoms with Gasteiger partial charge in [0, 0.05) is 24.0 Å². The standard InChI is InChI=1S/C27H21N3O5/c31-16-29-27-18(12-24(33)34)8-11-21-26(27)25-22(13-28-14-23(25)32)30(21)15-17-6-9-20(10-7-17)35-19-4-2-1-3-5-19/h1-11,13-14,16,25H,12,15H2,(H,29,31)(H,33,34). The van der Waals surface area contributed by atoms with E-state index in [-0.39, 0.29) is 12.2 Å². The minimum atomic E-state index is -1.03. The van der Waals surface area contributed by atoms with E-state index >= 15 is 0 Å². The molecule has 0 saturated heterocycles. The van der Waals surface area contributed by atoms with Crippen molar-refractivity contribution in [3.05, 3.63) is 95.3 Å². The zero-order valence-corrected chi connectivity index (χ0v) is 18.5. The molecule has 174 valence electrons. The summed E-state index contributed by atoms with van der Waals surface area (Å²) in [5, 5.41) is 12.0. The van der Waals surface area contributed by atoms with Gasteiger partial charge in [-0.05, 0) is 41.5 Å². The van der Waals surface area contributed by atoms with E-state index in [2.05, 4.69) is 10.3 Å². The van der Waals surface area contributed by atoms with Gasteiger partial charge in [0.1, 0.15) is 11.5 Å². The van der Waals surface area contributed by atoms with Gasteiger partial charge in [0.05, 0.1) is 29.9 Å². The van der Waals surface area contributed by atoms with Gasteiger partial charge in [0.25, 0.3) is 0 Å². The maximum atomic E-state index is 12.9. The van der Waals surface area contributed by atoms with Gasteiger partial charge in [0.15, 0.2) is 5.78 Å². The third-order valence-corrected chi connectivity index (χ3v) is 5.98. The lowest BCUT2D eigenvalue weighted by atomic mass is 9.90. The minimum absolute atomic E-state index is 0.223. The number of nitrogens with one attached hydrogen (secondary N) is 1. The first-order valence-corrected chi connectivity index (χ1v) is 11.0. The van der Waals surface area contributed by atoms with Crippen LogP contribution in [0.4, 0.5) is 11.4 Å². The number of ketones is 1. The maximum absolute atomic E-state index is 12.9. The SMILES string of the molecule is O=CNc1c(CC(=O)O)ccc2c1C1C(=O)C=NC=C1N2Cc1ccc(Oc2ccccc2)cc1. The van der Waals surface area contributed by atoms with E-state index in [4.69, 9.17) is 4.74 Å². The van der Waals surface area contributed by atoms with E-state index in [1.807, 2.05) is 59.5 Å². The fraction of sp³-hybridized carbons (Fsp3) is 0.111. The first-order chi connectivity index (χ1) is 17.0. The highest BCUT2D eigenvalue weighted by molar-refractivity contribution is 6.33. The van der Waals surface area contributed by atoms with Crippen molar-refractivity contribution >= 4 is 35.8 Å². The van der Waals surface area contributed by atoms with Gasteiger partial charge in [-0.3, -0.25) is 19.4 Å². The van der Waals surface area contributed by atoms with Crippen molar-refractivity contribution in [2.75, 3.05) is 10.2 Å². The quantitative estimate of drug-likeness (QED) is 0.479. The van der Waals surface area contributed by atoms with Crippen LogP contribution < -0.4 is 15.0 Å². The zero-order valence-electron chi connectivity index (χ0n) is 18.5. The molecule has 0 aromatic heterocycles. The number of amides is 1. The van der Waals surface area contributed by atoms with Crippen LogP contribution in [0.1, 0.15) is 22.6 Å². The molecular weight excluding hydrogens is 446 g/mol. The number of fused-ring (bicyclic) bond motifs is 3. The van der Waals surface area contributed by atoms with Crippen LogP contribution in [0.3, 0.4) is 0 Å². The molecule has 2 aliphatic heterocycles. The van der Waals surface area contributed by atoms with E-state index < -0.39 is 11.9 Å². The lowest BCUT2D eigenvalue weighted by Gasteiger charge is -2.23. The molecule has 3 aromatic carbocycles. The molecule has 0 saturated carbocycles. The molecule has 0 bridgehead atoms. The van der Waals surface area contributed by atoms with Crippen molar-refractivity contribution in [3.63, 3.8) is 0 Å². The predicted molar refractivity (Wildman–Crippen MR) is 131 cm³/mol. The Hall–Kier alpha value is -4.72. The summed E-state index contributed by atoms with van der Waals surface area (Å²) in [5.74, 6) is -0.475. The molecule has 2 N–H and O–H groups in total. The van der Waals surface area contributed by atoms with Gasteiger partial charge in [-0.1, -0.05) is 36.4 Å². The van der Waals surface area contributed by atoms with Crippen LogP contribution in [-0.2, 0) is 27.3 Å². The number of carboxylic acid groups (broad SMARTS) is 1. The van der Waals surface area contributed by atoms with Gasteiger partial charge in [-0.15, -0.1) is 0 Å². The van der Waals surface area contributed by atoms with Crippen molar-refractivity contribution in [3.8, 4) is 11.5 Å². The number of aliphatic imine (C=N–C) groups is 1. The van der Waals surface area contributed by atoms with E-state index in [0.29, 0.717) is 41.2 Å². The number of para-hydroxylation sites is 1. The zero-order chi connectivity index (χ0) is 24.4. The lowest BCUT2D eigenvalue weighted by Crippen LogP contribution is -2.24. The molecular formula is C27H21N3O5. The number of allylic oxidation sites excluding steroid dienone is 1. The Morgan fingerprint density at radius 3 is 2.51 bits per heavy atom. The maximum Gasteiger partial charge on any atom is 0.307 e. The number of rotatable bonds is 8. The van der Waals surface area contributed by atoms with Gasteiger partial charge < -0.3 is 20.1 Å². The van der Waals surface area contributed by atoms with Crippen LogP contribution >= 0.6 is 0 Å². The molecule has 2 heterocycles. The summed E-state index contributed by atoms with van der Waals surface area (Å²) in [5.41, 5.74) is 3.75. The molecule has 3 aromatic rings. The summed E-state index contributed by atoms with van der Waals surface area (Å²) in [6, 6.07) is 20.6. The van der Waals surface area contributed by atoms with E-state index in [9.17, 15) is 19.5 Å². The Kier molecular flexibility index (Phi) is 5.85. The number of nitrogens with zero attached hydrogens (tertiary/aromatic N) is 2. The van der Waals surface area contributed by atoms with Crippen molar-refractivity contribution < 1.29 is 24.2 Å². The van der Waals surface area contributed by atoms with Crippen molar-refractivity contribution in [2.45, 2.75) is 18.9 Å². The molecule has 1 unspecified atom stereocenters. The number of aliphatic carboxylic acids is 1. The number of Topliss-reactive ketones (excluding diaryl/α,β-unsaturated/α-hetero) is 1. The fourth-order valence-corrected chi connectivity index (χ4v) is 4.50. The van der Waals surface area contributed by atoms with Crippen LogP contribution in [-0.4, -0.2) is 29.5 Å². The van der Waals surface area contributed by atoms with Gasteiger partial charge in [0.2, 0.25) is 6.41 Å². The molecule has 5 rings (SSSR count). The van der Waals surface area contributed by atoms with Crippen molar-refractivity contribution in [1.82, 2.24) is 0 Å². The first kappa shape index (κ1) is 22.1. The van der Waals surface area contributed by atoms with Crippen LogP contribution in [0.15, 0.2) is 83.6 Å². The van der Waals surface area contributed by atoms with E-state index in [1.165, 1.54) is 6.21 Å². The molecule has 0 fully saturated rings. The summed E-state index contributed by atoms with van der Waals surface area (Å²) < 4.78 is 5.87. The second-order valence-electron chi connectivity index (χ2n) is 8.18. The normalized spacial score (nSPS) is 15.8. The number of carboxylic acids is 1. The number of anilines is 2. The Balaban J connectivity index is 1.49. The highest BCUT2D eigenvalue weighted by Crippen LogP contribution is 2.50. The van der Waals surface area contributed by atoms with Gasteiger partial charge in [-0.25, -0.2) is 0 Å². The number of ether oxygens (including phenoxy) is 1. The number of carbonyl (C=O) groups excluding carboxylic acids is 2. The smallest absolute Gasteiger partial charge is 0.307 e. The van der Waals surface area contributed by atoms with E-state index in [0.717, 1.165) is 17.0 Å². The average Bonchev–Trinajstić information content (AvgIpc) is 3.17. The van der Waals surface area contributed by atoms with E-state index in [1.54, 1.807) is 18.3 Å². The molecule has 8 nitrogen and oxygen atoms in total. The van der Waals surface area contributed by atoms with Crippen molar-refractivity contribution in [2.24, 2.45) is 4.99 Å². The third kappa shape index (κ3) is 4.29. The number of carbonyl (C=O) groups is 3. The number of hydrogen-bond acceptors (Lipinski definition) is 6. The number of benzene rings is 3. The lowest BCUT2D eigenvalue weighted by molar-refractivity contribution is -0.136. The molecule has 35 heavy (non-hydrogen) atoms. The molecule has 8 heteroatoms. The molecule has 0 spiro atoms. The monoisotopic (exact) mass is 467 g/mol. The third-order valence-electron chi connectivity index (χ3n) is 5.98. The van der Waals surface area contributed by atoms with Gasteiger partial charge >= 0.3 is 5.97 Å². The van der Waals surface area contributed by atoms with Gasteiger partial charge in [-0.2, -0.15) is 0 Å². The van der Waals surface area contributed by atoms with Crippen LogP contribution in [0, 0.1) is 0 Å². The summed E-state index contributed by atoms with van der Waals surface area (Å²) in [6.07, 6.45) is 3.12. The minimum Gasteiger partial charge on any atom is -0.481 e. The summed E-state index contributed by atoms with van der Waals surface area (Å²) in [4.78, 5) is 41.7. The Labute approximate surface area is 201 Å². The van der Waals surface area contributed by atoms with Crippen LogP contribution in [0.5, 0.6) is 11.5 Å². The second kappa shape index (κ2) is 9.26. The number of hydrogen-bond donors (Lipinski definition) is 2.